The maximum atomic E-state index is 10.7. The van der Waals surface area contributed by atoms with Crippen molar-refractivity contribution >= 4 is 5.69 Å². The van der Waals surface area contributed by atoms with Crippen LogP contribution in [0, 0.1) is 17.0 Å². The molecule has 0 saturated carbocycles. The minimum Gasteiger partial charge on any atom is -0.461 e. The van der Waals surface area contributed by atoms with E-state index in [9.17, 15) is 10.1 Å². The number of furan rings is 1. The van der Waals surface area contributed by atoms with Crippen LogP contribution in [0.4, 0.5) is 5.69 Å². The fourth-order valence-corrected chi connectivity index (χ4v) is 2.07. The largest absolute Gasteiger partial charge is 0.461 e. The molecule has 5 nitrogen and oxygen atoms in total. The smallest absolute Gasteiger partial charge is 0.269 e. The standard InChI is InChI=1S/C15H18N2O3/c1-10-8-12(17(18)19)4-6-14(10)15-7-5-13(20-15)9-11(2)16-3/h4-8,11,16H,9H2,1-3H3. The van der Waals surface area contributed by atoms with Crippen LogP contribution in [-0.4, -0.2) is 18.0 Å². The van der Waals surface area contributed by atoms with Gasteiger partial charge in [-0.2, -0.15) is 0 Å². The zero-order valence-electron chi connectivity index (χ0n) is 11.8. The van der Waals surface area contributed by atoms with Crippen molar-refractivity contribution in [1.29, 1.82) is 0 Å². The molecule has 1 aromatic heterocycles. The van der Waals surface area contributed by atoms with E-state index >= 15 is 0 Å². The van der Waals surface area contributed by atoms with Crippen molar-refractivity contribution in [2.24, 2.45) is 0 Å². The summed E-state index contributed by atoms with van der Waals surface area (Å²) in [6.07, 6.45) is 0.808. The number of aryl methyl sites for hydroxylation is 1. The second kappa shape index (κ2) is 5.88. The van der Waals surface area contributed by atoms with E-state index in [0.29, 0.717) is 6.04 Å². The van der Waals surface area contributed by atoms with Crippen molar-refractivity contribution in [3.8, 4) is 11.3 Å². The SMILES string of the molecule is CNC(C)Cc1ccc(-c2ccc([N+](=O)[O-])cc2C)o1. The number of likely N-dealkylation sites (N-methyl/N-ethyl adjacent to an activating group) is 1. The zero-order chi connectivity index (χ0) is 14.7. The van der Waals surface area contributed by atoms with Gasteiger partial charge in [0.1, 0.15) is 11.5 Å². The Morgan fingerprint density at radius 2 is 2.10 bits per heavy atom. The van der Waals surface area contributed by atoms with Crippen LogP contribution in [0.5, 0.6) is 0 Å². The van der Waals surface area contributed by atoms with Gasteiger partial charge < -0.3 is 9.73 Å². The Morgan fingerprint density at radius 1 is 1.35 bits per heavy atom. The molecule has 2 aromatic rings. The highest BCUT2D eigenvalue weighted by Crippen LogP contribution is 2.28. The van der Waals surface area contributed by atoms with Crippen molar-refractivity contribution in [3.05, 3.63) is 51.8 Å². The molecule has 1 heterocycles. The Morgan fingerprint density at radius 3 is 2.70 bits per heavy atom. The van der Waals surface area contributed by atoms with Crippen LogP contribution in [0.3, 0.4) is 0 Å². The zero-order valence-corrected chi connectivity index (χ0v) is 11.8. The molecular formula is C15H18N2O3. The van der Waals surface area contributed by atoms with E-state index < -0.39 is 0 Å². The van der Waals surface area contributed by atoms with Gasteiger partial charge in [0.05, 0.1) is 4.92 Å². The number of nitrogens with zero attached hydrogens (tertiary/aromatic N) is 1. The minimum atomic E-state index is -0.390. The molecule has 0 aliphatic carbocycles. The first kappa shape index (κ1) is 14.3. The van der Waals surface area contributed by atoms with Crippen LogP contribution in [0.1, 0.15) is 18.2 Å². The van der Waals surface area contributed by atoms with E-state index in [0.717, 1.165) is 29.1 Å². The number of hydrogen-bond acceptors (Lipinski definition) is 4. The molecule has 2 rings (SSSR count). The molecule has 0 aliphatic heterocycles. The molecule has 1 atom stereocenters. The van der Waals surface area contributed by atoms with Crippen LogP contribution in [0.25, 0.3) is 11.3 Å². The summed E-state index contributed by atoms with van der Waals surface area (Å²) in [4.78, 5) is 10.3. The molecule has 20 heavy (non-hydrogen) atoms. The van der Waals surface area contributed by atoms with Gasteiger partial charge in [0, 0.05) is 30.2 Å². The number of hydrogen-bond donors (Lipinski definition) is 1. The first-order valence-corrected chi connectivity index (χ1v) is 6.52. The molecule has 1 N–H and O–H groups in total. The lowest BCUT2D eigenvalue weighted by Crippen LogP contribution is -2.23. The monoisotopic (exact) mass is 274 g/mol. The maximum absolute atomic E-state index is 10.7. The second-order valence-electron chi connectivity index (χ2n) is 4.92. The number of nitro groups is 1. The highest BCUT2D eigenvalue weighted by Gasteiger charge is 2.13. The van der Waals surface area contributed by atoms with Crippen molar-refractivity contribution in [2.75, 3.05) is 7.05 Å². The van der Waals surface area contributed by atoms with Crippen molar-refractivity contribution in [2.45, 2.75) is 26.3 Å². The van der Waals surface area contributed by atoms with Gasteiger partial charge in [-0.1, -0.05) is 0 Å². The lowest BCUT2D eigenvalue weighted by atomic mass is 10.1. The lowest BCUT2D eigenvalue weighted by molar-refractivity contribution is -0.384. The summed E-state index contributed by atoms with van der Waals surface area (Å²) in [5.41, 5.74) is 1.82. The molecule has 0 amide bonds. The van der Waals surface area contributed by atoms with Crippen LogP contribution in [-0.2, 0) is 6.42 Å². The summed E-state index contributed by atoms with van der Waals surface area (Å²) in [7, 11) is 1.91. The summed E-state index contributed by atoms with van der Waals surface area (Å²) in [5, 5.41) is 13.9. The number of non-ortho nitro benzene ring substituents is 1. The molecule has 0 saturated heterocycles. The third-order valence-electron chi connectivity index (χ3n) is 3.35. The van der Waals surface area contributed by atoms with Crippen LogP contribution in [0.15, 0.2) is 34.7 Å². The molecule has 1 aromatic carbocycles. The van der Waals surface area contributed by atoms with Gasteiger partial charge in [-0.05, 0) is 44.7 Å². The minimum absolute atomic E-state index is 0.0989. The van der Waals surface area contributed by atoms with Crippen LogP contribution < -0.4 is 5.32 Å². The van der Waals surface area contributed by atoms with Gasteiger partial charge in [-0.25, -0.2) is 0 Å². The molecule has 106 valence electrons. The number of nitrogens with one attached hydrogen (secondary N) is 1. The molecule has 0 aliphatic rings. The normalized spacial score (nSPS) is 12.3. The van der Waals surface area contributed by atoms with Crippen molar-refractivity contribution in [1.82, 2.24) is 5.32 Å². The highest BCUT2D eigenvalue weighted by molar-refractivity contribution is 5.64. The number of benzene rings is 1. The van der Waals surface area contributed by atoms with Gasteiger partial charge in [-0.3, -0.25) is 10.1 Å². The summed E-state index contributed by atoms with van der Waals surface area (Å²) < 4.78 is 5.81. The molecule has 0 bridgehead atoms. The van der Waals surface area contributed by atoms with E-state index in [-0.39, 0.29) is 10.6 Å². The maximum Gasteiger partial charge on any atom is 0.269 e. The lowest BCUT2D eigenvalue weighted by Gasteiger charge is -2.07. The van der Waals surface area contributed by atoms with Gasteiger partial charge in [0.25, 0.3) is 5.69 Å². The quantitative estimate of drug-likeness (QED) is 0.671. The van der Waals surface area contributed by atoms with E-state index in [1.807, 2.05) is 26.1 Å². The van der Waals surface area contributed by atoms with Crippen molar-refractivity contribution in [3.63, 3.8) is 0 Å². The Bertz CT molecular complexity index is 619. The fourth-order valence-electron chi connectivity index (χ4n) is 2.07. The fraction of sp³-hybridized carbons (Fsp3) is 0.333. The molecule has 0 fully saturated rings. The van der Waals surface area contributed by atoms with E-state index in [4.69, 9.17) is 4.42 Å². The Kier molecular flexibility index (Phi) is 4.20. The summed E-state index contributed by atoms with van der Waals surface area (Å²) in [6, 6.07) is 8.99. The highest BCUT2D eigenvalue weighted by atomic mass is 16.6. The van der Waals surface area contributed by atoms with Gasteiger partial charge in [-0.15, -0.1) is 0 Å². The average molecular weight is 274 g/mol. The Hall–Kier alpha value is -2.14. The van der Waals surface area contributed by atoms with Gasteiger partial charge in [0.2, 0.25) is 0 Å². The topological polar surface area (TPSA) is 68.3 Å². The predicted molar refractivity (Wildman–Crippen MR) is 77.8 cm³/mol. The number of nitro benzene ring substituents is 1. The third kappa shape index (κ3) is 3.05. The van der Waals surface area contributed by atoms with E-state index in [1.54, 1.807) is 12.1 Å². The molecule has 0 spiro atoms. The Labute approximate surface area is 117 Å². The average Bonchev–Trinajstić information content (AvgIpc) is 2.86. The van der Waals surface area contributed by atoms with Crippen molar-refractivity contribution < 1.29 is 9.34 Å². The van der Waals surface area contributed by atoms with Gasteiger partial charge >= 0.3 is 0 Å². The molecular weight excluding hydrogens is 256 g/mol. The molecule has 1 unspecified atom stereocenters. The molecule has 5 heteroatoms. The number of rotatable bonds is 5. The first-order chi connectivity index (χ1) is 9.51. The first-order valence-electron chi connectivity index (χ1n) is 6.52. The summed E-state index contributed by atoms with van der Waals surface area (Å²) in [5.74, 6) is 1.65. The van der Waals surface area contributed by atoms with Crippen LogP contribution in [0.2, 0.25) is 0 Å². The van der Waals surface area contributed by atoms with E-state index in [1.165, 1.54) is 6.07 Å². The summed E-state index contributed by atoms with van der Waals surface area (Å²) >= 11 is 0. The van der Waals surface area contributed by atoms with Gasteiger partial charge in [0.15, 0.2) is 0 Å². The Balaban J connectivity index is 2.26. The second-order valence-corrected chi connectivity index (χ2v) is 4.92. The predicted octanol–water partition coefficient (Wildman–Crippen LogP) is 3.31. The van der Waals surface area contributed by atoms with Crippen LogP contribution >= 0.6 is 0 Å². The summed E-state index contributed by atoms with van der Waals surface area (Å²) in [6.45, 7) is 3.93. The molecule has 0 radical (unpaired) electrons. The van der Waals surface area contributed by atoms with E-state index in [2.05, 4.69) is 12.2 Å². The third-order valence-corrected chi connectivity index (χ3v) is 3.35.